The highest BCUT2D eigenvalue weighted by atomic mass is 16.3. The molecule has 0 aliphatic heterocycles. The highest BCUT2D eigenvalue weighted by Crippen LogP contribution is 2.53. The van der Waals surface area contributed by atoms with Crippen LogP contribution in [-0.4, -0.2) is 79.5 Å². The third-order valence-electron chi connectivity index (χ3n) is 24.7. The topological polar surface area (TPSA) is 221 Å². The Labute approximate surface area is 799 Å². The molecule has 138 heavy (non-hydrogen) atoms. The summed E-state index contributed by atoms with van der Waals surface area (Å²) in [6.45, 7) is 53.1. The van der Waals surface area contributed by atoms with Crippen molar-refractivity contribution in [3.05, 3.63) is 419 Å². The first-order valence-electron chi connectivity index (χ1n) is 45.4. The number of phenols is 4. The maximum atomic E-state index is 10.8. The molecule has 0 fully saturated rings. The van der Waals surface area contributed by atoms with Gasteiger partial charge in [0.25, 0.3) is 0 Å². The molecule has 0 spiro atoms. The largest absolute Gasteiger partial charge is 0.507 e. The van der Waals surface area contributed by atoms with Gasteiger partial charge < -0.3 is 20.4 Å². The normalized spacial score (nSPS) is 11.2. The summed E-state index contributed by atoms with van der Waals surface area (Å²) in [5.74, 6) is 0.875. The van der Waals surface area contributed by atoms with Crippen LogP contribution in [0.5, 0.6) is 23.0 Å². The van der Waals surface area contributed by atoms with Crippen molar-refractivity contribution < 1.29 is 20.4 Å². The molecule has 0 aliphatic rings. The molecule has 0 atom stereocenters. The molecule has 13 aromatic carbocycles. The van der Waals surface area contributed by atoms with E-state index in [1.807, 2.05) is 277 Å². The molecule has 8 heterocycles. The number of aromatic hydroxyl groups is 4. The first-order chi connectivity index (χ1) is 67.1. The molecule has 0 saturated heterocycles. The molecule has 0 aliphatic carbocycles. The van der Waals surface area contributed by atoms with Crippen LogP contribution in [0.25, 0.3) is 187 Å². The molecule has 0 amide bonds. The second-order valence-electron chi connectivity index (χ2n) is 35.0. The van der Waals surface area contributed by atoms with Crippen LogP contribution in [0.1, 0.15) is 93.3 Å². The fourth-order valence-corrected chi connectivity index (χ4v) is 17.9. The molecule has 0 saturated carbocycles. The number of para-hydroxylation sites is 8. The lowest BCUT2D eigenvalue weighted by molar-refractivity contribution is 0.477. The highest BCUT2D eigenvalue weighted by Gasteiger charge is 2.32. The molecular weight excluding hydrogens is 1710 g/mol. The Morgan fingerprint density at radius 3 is 0.848 bits per heavy atom. The van der Waals surface area contributed by atoms with E-state index in [1.54, 1.807) is 48.5 Å². The van der Waals surface area contributed by atoms with Crippen LogP contribution in [0.15, 0.2) is 334 Å². The number of hydrogen-bond acceptors (Lipinski definition) is 12. The summed E-state index contributed by atoms with van der Waals surface area (Å²) in [4.78, 5) is 35.9. The molecule has 20 heteroatoms. The van der Waals surface area contributed by atoms with Gasteiger partial charge in [-0.2, -0.15) is 20.4 Å². The van der Waals surface area contributed by atoms with Gasteiger partial charge in [0, 0.05) is 66.1 Å². The molecule has 4 N–H and O–H groups in total. The van der Waals surface area contributed by atoms with Crippen LogP contribution < -0.4 is 0 Å². The number of aryl methyl sites for hydroxylation is 5. The van der Waals surface area contributed by atoms with Crippen molar-refractivity contribution >= 4 is 77.7 Å². The summed E-state index contributed by atoms with van der Waals surface area (Å²) in [6, 6.07) is 107. The quantitative estimate of drug-likeness (QED) is 0.0704. The zero-order chi connectivity index (χ0) is 96.2. The van der Waals surface area contributed by atoms with E-state index in [1.165, 1.54) is 16.7 Å². The van der Waals surface area contributed by atoms with Gasteiger partial charge in [-0.1, -0.05) is 303 Å². The average molecular weight is 1800 g/mol. The maximum Gasteiger partial charge on any atom is 0.221 e. The average Bonchev–Trinajstić information content (AvgIpc) is 1.62. The predicted molar refractivity (Wildman–Crippen MR) is 554 cm³/mol. The first kappa shape index (κ1) is 90.3. The van der Waals surface area contributed by atoms with E-state index in [-0.39, 0.29) is 28.4 Å². The lowest BCUT2D eigenvalue weighted by Crippen LogP contribution is -2.10. The number of fused-ring (bicyclic) bond motifs is 5. The Bertz CT molecular complexity index is 8400. The van der Waals surface area contributed by atoms with Gasteiger partial charge >= 0.3 is 0 Å². The lowest BCUT2D eigenvalue weighted by Gasteiger charge is -2.19. The minimum absolute atomic E-state index is 0.0164. The number of hydrogen-bond donors (Lipinski definition) is 4. The zero-order valence-corrected chi connectivity index (χ0v) is 77.7. The zero-order valence-electron chi connectivity index (χ0n) is 77.7. The molecule has 21 rings (SSSR count). The number of nitrogens with zero attached hydrogens (tertiary/aromatic N) is 16. The summed E-state index contributed by atoms with van der Waals surface area (Å²) in [5, 5.41) is 67.6. The number of pyridine rings is 4. The maximum absolute atomic E-state index is 10.8. The second kappa shape index (κ2) is 38.5. The van der Waals surface area contributed by atoms with Crippen molar-refractivity contribution in [1.29, 1.82) is 0 Å². The summed E-state index contributed by atoms with van der Waals surface area (Å²) >= 11 is 0. The van der Waals surface area contributed by atoms with Crippen molar-refractivity contribution in [1.82, 2.24) is 59.1 Å². The van der Waals surface area contributed by atoms with Crippen LogP contribution in [0, 0.1) is 54.0 Å². The van der Waals surface area contributed by atoms with Gasteiger partial charge in [-0.3, -0.25) is 0 Å². The van der Waals surface area contributed by atoms with Crippen molar-refractivity contribution in [3.8, 4) is 135 Å². The van der Waals surface area contributed by atoms with Crippen LogP contribution in [-0.2, 0) is 11.8 Å². The number of aromatic nitrogens is 12. The van der Waals surface area contributed by atoms with Gasteiger partial charge in [0.2, 0.25) is 22.7 Å². The summed E-state index contributed by atoms with van der Waals surface area (Å²) < 4.78 is 7.26. The van der Waals surface area contributed by atoms with Crippen molar-refractivity contribution in [2.75, 3.05) is 0 Å². The molecule has 8 aromatic heterocycles. The lowest BCUT2D eigenvalue weighted by atomic mass is 9.86. The standard InChI is InChI=1S/C30H20N4O.C30H26N4O.2C29H24N4O/c1-19-26-27(24-14-8-9-15-25(24)35)29(31-2)28(22-17-16-20-10-6-7-11-21(20)18-22)32-30(26)34(33-19)23-12-4-3-5-13-23;1-19-25-26(23-13-9-10-14-24(23)35)28(31-5)27(20-15-17-21(18-16-20)30(2,3)4)32-29(25)34(33-19)22-11-7-6-8-12-22;1-18(2)20-14-16-21(17-15-20)27-28(30-4)26(23-12-8-9-13-24(23)34)25-19(3)32-33(29(25)31-27)22-10-6-5-7-11-22;1-4-10-20-15-17-21(18-16-20)27-28(30-3)26(23-13-8-9-14-24(23)34)25-19(2)32-33(29(25)31-27)22-11-6-5-7-12-22/h3-18,35H,1H3;6-18,35H,1-4H3;5-18,34H,1-3H3;5-9,11-18,34H,4,10H2,1-2H3. The predicted octanol–water partition coefficient (Wildman–Crippen LogP) is 29.8. The van der Waals surface area contributed by atoms with Gasteiger partial charge in [-0.05, 0) is 174 Å². The minimum atomic E-state index is 0.0164. The fourth-order valence-electron chi connectivity index (χ4n) is 17.9. The van der Waals surface area contributed by atoms with Crippen molar-refractivity contribution in [3.63, 3.8) is 0 Å². The Morgan fingerprint density at radius 1 is 0.304 bits per heavy atom. The van der Waals surface area contributed by atoms with Crippen molar-refractivity contribution in [2.24, 2.45) is 0 Å². The number of rotatable bonds is 15. The molecule has 20 nitrogen and oxygen atoms in total. The molecule has 0 radical (unpaired) electrons. The van der Waals surface area contributed by atoms with Crippen LogP contribution in [0.3, 0.4) is 0 Å². The van der Waals surface area contributed by atoms with E-state index in [9.17, 15) is 20.4 Å². The smallest absolute Gasteiger partial charge is 0.221 e. The molecule has 21 aromatic rings. The Hall–Kier alpha value is -18.2. The Morgan fingerprint density at radius 2 is 0.565 bits per heavy atom. The second-order valence-corrected chi connectivity index (χ2v) is 35.0. The Balaban J connectivity index is 0.000000122. The SMILES string of the molecule is [C-]#[N+]c1c(-c2ccc(C(C)(C)C)cc2)nc2c(c(C)nn2-c2ccccc2)c1-c1ccccc1O.[C-]#[N+]c1c(-c2ccc(C(C)C)cc2)nc2c(c(C)nn2-c2ccccc2)c1-c1ccccc1O.[C-]#[N+]c1c(-c2ccc(CCC)cc2)nc2c(c(C)nn2-c2ccccc2)c1-c1ccccc1O.[C-]#[N+]c1c(-c2ccc3ccccc3c2)nc2c(c(C)nn2-c2ccccc2)c1-c1ccccc1O. The van der Waals surface area contributed by atoms with E-state index >= 15 is 0 Å². The Kier molecular flexibility index (Phi) is 25.2. The van der Waals surface area contributed by atoms with E-state index < -0.39 is 0 Å². The molecular formula is C118H94N16O4. The summed E-state index contributed by atoms with van der Waals surface area (Å²) in [5.41, 5.74) is 25.1. The third-order valence-corrected chi connectivity index (χ3v) is 24.7. The van der Waals surface area contributed by atoms with E-state index in [2.05, 4.69) is 116 Å². The van der Waals surface area contributed by atoms with Crippen LogP contribution in [0.4, 0.5) is 22.7 Å². The van der Waals surface area contributed by atoms with Gasteiger partial charge in [-0.15, -0.1) is 0 Å². The molecule has 0 bridgehead atoms. The van der Waals surface area contributed by atoms with Crippen molar-refractivity contribution in [2.45, 2.75) is 93.4 Å². The monoisotopic (exact) mass is 1800 g/mol. The van der Waals surface area contributed by atoms with Crippen LogP contribution >= 0.6 is 0 Å². The van der Waals surface area contributed by atoms with E-state index in [0.29, 0.717) is 119 Å². The van der Waals surface area contributed by atoms with Crippen LogP contribution in [0.2, 0.25) is 0 Å². The summed E-state index contributed by atoms with van der Waals surface area (Å²) in [7, 11) is 0. The minimum Gasteiger partial charge on any atom is -0.507 e. The summed E-state index contributed by atoms with van der Waals surface area (Å²) in [6.07, 6.45) is 2.08. The van der Waals surface area contributed by atoms with E-state index in [4.69, 9.17) is 66.6 Å². The first-order valence-corrected chi connectivity index (χ1v) is 45.4. The van der Waals surface area contributed by atoms with Gasteiger partial charge in [0.15, 0.2) is 22.6 Å². The third kappa shape index (κ3) is 17.3. The fraction of sp³-hybridized carbons (Fsp3) is 0.119. The number of phenolic OH excluding ortho intramolecular Hbond substituents is 4. The van der Waals surface area contributed by atoms with Gasteiger partial charge in [-0.25, -0.2) is 58.0 Å². The highest BCUT2D eigenvalue weighted by molar-refractivity contribution is 6.12. The van der Waals surface area contributed by atoms with Gasteiger partial charge in [0.05, 0.1) is 94.6 Å². The molecule has 670 valence electrons. The molecule has 0 unspecified atom stereocenters. The van der Waals surface area contributed by atoms with Gasteiger partial charge in [0.1, 0.15) is 23.0 Å². The van der Waals surface area contributed by atoms with E-state index in [0.717, 1.165) is 113 Å². The number of benzene rings is 13.